The Morgan fingerprint density at radius 1 is 1.44 bits per heavy atom. The number of aliphatic hydroxyl groups is 1. The maximum absolute atomic E-state index is 11.8. The Balaban J connectivity index is 1.89. The van der Waals surface area contributed by atoms with Crippen LogP contribution in [0.3, 0.4) is 0 Å². The van der Waals surface area contributed by atoms with Crippen LogP contribution in [-0.4, -0.2) is 23.8 Å². The van der Waals surface area contributed by atoms with Gasteiger partial charge >= 0.3 is 6.03 Å². The van der Waals surface area contributed by atoms with E-state index in [0.717, 1.165) is 19.3 Å². The van der Waals surface area contributed by atoms with E-state index in [2.05, 4.69) is 10.6 Å². The van der Waals surface area contributed by atoms with Crippen LogP contribution in [0.15, 0.2) is 24.3 Å². The second-order valence-electron chi connectivity index (χ2n) is 4.59. The van der Waals surface area contributed by atoms with Crippen molar-refractivity contribution in [2.24, 2.45) is 5.92 Å². The van der Waals surface area contributed by atoms with Crippen LogP contribution in [0.1, 0.15) is 19.3 Å². The first-order chi connectivity index (χ1) is 8.69. The number of benzene rings is 1. The summed E-state index contributed by atoms with van der Waals surface area (Å²) in [5.41, 5.74) is 0.665. The molecule has 1 saturated carbocycles. The van der Waals surface area contributed by atoms with Gasteiger partial charge in [0.15, 0.2) is 0 Å². The number of rotatable bonds is 3. The van der Waals surface area contributed by atoms with Crippen molar-refractivity contribution in [2.75, 3.05) is 11.9 Å². The first-order valence-corrected chi connectivity index (χ1v) is 6.51. The van der Waals surface area contributed by atoms with Crippen molar-refractivity contribution in [1.82, 2.24) is 5.32 Å². The number of hydrogen-bond acceptors (Lipinski definition) is 2. The van der Waals surface area contributed by atoms with Gasteiger partial charge in [-0.2, -0.15) is 0 Å². The molecule has 4 nitrogen and oxygen atoms in total. The van der Waals surface area contributed by atoms with Gasteiger partial charge in [0.1, 0.15) is 0 Å². The summed E-state index contributed by atoms with van der Waals surface area (Å²) in [7, 11) is 0. The number of amides is 2. The van der Waals surface area contributed by atoms with Crippen LogP contribution in [0.5, 0.6) is 0 Å². The Labute approximate surface area is 111 Å². The molecule has 2 atom stereocenters. The molecule has 1 aliphatic carbocycles. The minimum absolute atomic E-state index is 0.0641. The van der Waals surface area contributed by atoms with E-state index in [9.17, 15) is 9.90 Å². The van der Waals surface area contributed by atoms with Crippen molar-refractivity contribution in [3.8, 4) is 0 Å². The van der Waals surface area contributed by atoms with Gasteiger partial charge < -0.3 is 15.7 Å². The molecule has 0 radical (unpaired) electrons. The number of halogens is 1. The third kappa shape index (κ3) is 3.37. The monoisotopic (exact) mass is 268 g/mol. The van der Waals surface area contributed by atoms with E-state index in [1.807, 2.05) is 0 Å². The number of hydrogen-bond donors (Lipinski definition) is 3. The second-order valence-corrected chi connectivity index (χ2v) is 5.03. The van der Waals surface area contributed by atoms with Gasteiger partial charge in [0.25, 0.3) is 0 Å². The third-order valence-corrected chi connectivity index (χ3v) is 3.53. The molecular weight excluding hydrogens is 252 g/mol. The molecule has 2 amide bonds. The van der Waals surface area contributed by atoms with Crippen LogP contribution in [0.25, 0.3) is 0 Å². The highest BCUT2D eigenvalue weighted by Crippen LogP contribution is 2.25. The summed E-state index contributed by atoms with van der Waals surface area (Å²) in [6.07, 6.45) is 2.94. The number of nitrogens with one attached hydrogen (secondary N) is 2. The third-order valence-electron chi connectivity index (χ3n) is 3.29. The van der Waals surface area contributed by atoms with Crippen molar-refractivity contribution in [3.63, 3.8) is 0 Å². The van der Waals surface area contributed by atoms with E-state index in [0.29, 0.717) is 10.7 Å². The molecule has 0 bridgehead atoms. The van der Waals surface area contributed by atoms with Crippen molar-refractivity contribution in [1.29, 1.82) is 0 Å². The highest BCUT2D eigenvalue weighted by molar-refractivity contribution is 6.30. The lowest BCUT2D eigenvalue weighted by atomic mass is 10.1. The molecule has 5 heteroatoms. The number of carbonyl (C=O) groups is 1. The Morgan fingerprint density at radius 3 is 3.00 bits per heavy atom. The van der Waals surface area contributed by atoms with Gasteiger partial charge in [-0.15, -0.1) is 0 Å². The smallest absolute Gasteiger partial charge is 0.319 e. The molecule has 3 N–H and O–H groups in total. The topological polar surface area (TPSA) is 61.4 Å². The minimum atomic E-state index is -0.248. The average molecular weight is 269 g/mol. The van der Waals surface area contributed by atoms with Crippen LogP contribution in [0, 0.1) is 5.92 Å². The molecule has 2 unspecified atom stereocenters. The predicted molar refractivity (Wildman–Crippen MR) is 71.8 cm³/mol. The highest BCUT2D eigenvalue weighted by Gasteiger charge is 2.27. The fourth-order valence-electron chi connectivity index (χ4n) is 2.35. The molecule has 0 spiro atoms. The predicted octanol–water partition coefficient (Wildman–Crippen LogP) is 2.62. The van der Waals surface area contributed by atoms with Gasteiger partial charge in [-0.05, 0) is 31.0 Å². The number of aliphatic hydroxyl groups excluding tert-OH is 1. The summed E-state index contributed by atoms with van der Waals surface area (Å²) < 4.78 is 0. The summed E-state index contributed by atoms with van der Waals surface area (Å²) in [6.45, 7) is 0.127. The fraction of sp³-hybridized carbons (Fsp3) is 0.462. The molecule has 1 aromatic rings. The summed E-state index contributed by atoms with van der Waals surface area (Å²) in [4.78, 5) is 11.8. The molecule has 1 fully saturated rings. The zero-order chi connectivity index (χ0) is 13.0. The van der Waals surface area contributed by atoms with Crippen LogP contribution < -0.4 is 10.6 Å². The van der Waals surface area contributed by atoms with Crippen LogP contribution in [0.4, 0.5) is 10.5 Å². The Bertz CT molecular complexity index is 425. The maximum atomic E-state index is 11.8. The van der Waals surface area contributed by atoms with Gasteiger partial charge in [0.05, 0.1) is 0 Å². The van der Waals surface area contributed by atoms with Gasteiger partial charge in [-0.25, -0.2) is 4.79 Å². The lowest BCUT2D eigenvalue weighted by molar-refractivity contribution is 0.203. The SMILES string of the molecule is O=C(Nc1cccc(Cl)c1)NC1CCCC1CO. The van der Waals surface area contributed by atoms with Crippen molar-refractivity contribution < 1.29 is 9.90 Å². The van der Waals surface area contributed by atoms with E-state index < -0.39 is 0 Å². The van der Waals surface area contributed by atoms with Gasteiger partial charge in [0, 0.05) is 29.3 Å². The standard InChI is InChI=1S/C13H17ClN2O2/c14-10-4-2-5-11(7-10)15-13(18)16-12-6-1-3-9(12)8-17/h2,4-5,7,9,12,17H,1,3,6,8H2,(H2,15,16,18). The molecule has 98 valence electrons. The van der Waals surface area contributed by atoms with Gasteiger partial charge in [-0.1, -0.05) is 24.1 Å². The Hall–Kier alpha value is -1.26. The molecule has 1 aliphatic rings. The summed E-state index contributed by atoms with van der Waals surface area (Å²) in [5, 5.41) is 15.4. The molecule has 0 heterocycles. The lowest BCUT2D eigenvalue weighted by Gasteiger charge is -2.19. The first-order valence-electron chi connectivity index (χ1n) is 6.13. The van der Waals surface area contributed by atoms with E-state index in [-0.39, 0.29) is 24.6 Å². The second kappa shape index (κ2) is 6.07. The number of anilines is 1. The summed E-state index contributed by atoms with van der Waals surface area (Å²) in [5.74, 6) is 0.176. The zero-order valence-corrected chi connectivity index (χ0v) is 10.8. The summed E-state index contributed by atoms with van der Waals surface area (Å²) >= 11 is 5.84. The van der Waals surface area contributed by atoms with Crippen LogP contribution in [0.2, 0.25) is 5.02 Å². The van der Waals surface area contributed by atoms with Crippen molar-refractivity contribution in [2.45, 2.75) is 25.3 Å². The normalized spacial score (nSPS) is 22.8. The molecule has 2 rings (SSSR count). The maximum Gasteiger partial charge on any atom is 0.319 e. The minimum Gasteiger partial charge on any atom is -0.396 e. The molecule has 18 heavy (non-hydrogen) atoms. The van der Waals surface area contributed by atoms with E-state index in [1.54, 1.807) is 24.3 Å². The molecule has 0 aliphatic heterocycles. The average Bonchev–Trinajstić information content (AvgIpc) is 2.76. The number of urea groups is 1. The Kier molecular flexibility index (Phi) is 4.44. The van der Waals surface area contributed by atoms with E-state index in [4.69, 9.17) is 11.6 Å². The van der Waals surface area contributed by atoms with Gasteiger partial charge in [0.2, 0.25) is 0 Å². The highest BCUT2D eigenvalue weighted by atomic mass is 35.5. The zero-order valence-electron chi connectivity index (χ0n) is 10.0. The van der Waals surface area contributed by atoms with Crippen molar-refractivity contribution >= 4 is 23.3 Å². The van der Waals surface area contributed by atoms with Crippen LogP contribution in [-0.2, 0) is 0 Å². The van der Waals surface area contributed by atoms with Crippen LogP contribution >= 0.6 is 11.6 Å². The molecule has 1 aromatic carbocycles. The molecule has 0 aromatic heterocycles. The first kappa shape index (κ1) is 13.2. The fourth-order valence-corrected chi connectivity index (χ4v) is 2.54. The summed E-state index contributed by atoms with van der Waals surface area (Å²) in [6, 6.07) is 6.83. The number of carbonyl (C=O) groups excluding carboxylic acids is 1. The largest absolute Gasteiger partial charge is 0.396 e. The Morgan fingerprint density at radius 2 is 2.28 bits per heavy atom. The molecule has 0 saturated heterocycles. The van der Waals surface area contributed by atoms with E-state index >= 15 is 0 Å². The lowest BCUT2D eigenvalue weighted by Crippen LogP contribution is -2.41. The van der Waals surface area contributed by atoms with E-state index in [1.165, 1.54) is 0 Å². The van der Waals surface area contributed by atoms with Gasteiger partial charge in [-0.3, -0.25) is 0 Å². The quantitative estimate of drug-likeness (QED) is 0.789. The molecular formula is C13H17ClN2O2. The van der Waals surface area contributed by atoms with Crippen molar-refractivity contribution in [3.05, 3.63) is 29.3 Å².